The molecular formula is C18H21Cl2N3O3S. The number of carbonyl (C=O) groups is 1. The van der Waals surface area contributed by atoms with Gasteiger partial charge in [0, 0.05) is 11.1 Å². The number of amides is 2. The maximum atomic E-state index is 13.0. The second-order valence-electron chi connectivity index (χ2n) is 6.35. The van der Waals surface area contributed by atoms with Gasteiger partial charge in [-0.1, -0.05) is 35.3 Å². The summed E-state index contributed by atoms with van der Waals surface area (Å²) >= 11 is 12.4. The molecule has 0 atom stereocenters. The molecule has 0 bridgehead atoms. The Balaban J connectivity index is 2.42. The monoisotopic (exact) mass is 429 g/mol. The predicted octanol–water partition coefficient (Wildman–Crippen LogP) is 4.94. The Bertz CT molecular complexity index is 950. The van der Waals surface area contributed by atoms with Gasteiger partial charge in [-0.25, -0.2) is 13.2 Å². The molecule has 0 aliphatic carbocycles. The number of sulfonamides is 1. The van der Waals surface area contributed by atoms with Crippen LogP contribution < -0.4 is 15.4 Å². The van der Waals surface area contributed by atoms with Crippen molar-refractivity contribution in [3.05, 3.63) is 51.5 Å². The van der Waals surface area contributed by atoms with Crippen molar-refractivity contribution < 1.29 is 13.2 Å². The summed E-state index contributed by atoms with van der Waals surface area (Å²) in [5.74, 6) is 0. The highest BCUT2D eigenvalue weighted by molar-refractivity contribution is 7.93. The molecule has 0 saturated carbocycles. The molecule has 27 heavy (non-hydrogen) atoms. The number of halogens is 2. The minimum absolute atomic E-state index is 0.0650. The first kappa shape index (κ1) is 21.3. The van der Waals surface area contributed by atoms with Gasteiger partial charge in [0.05, 0.1) is 16.4 Å². The van der Waals surface area contributed by atoms with Crippen LogP contribution in [-0.2, 0) is 10.0 Å². The molecule has 2 amide bonds. The van der Waals surface area contributed by atoms with Gasteiger partial charge in [-0.15, -0.1) is 0 Å². The van der Waals surface area contributed by atoms with E-state index in [4.69, 9.17) is 23.2 Å². The maximum Gasteiger partial charge on any atom is 0.319 e. The highest BCUT2D eigenvalue weighted by Crippen LogP contribution is 2.35. The Morgan fingerprint density at radius 1 is 1.07 bits per heavy atom. The van der Waals surface area contributed by atoms with Crippen LogP contribution in [0.4, 0.5) is 16.2 Å². The van der Waals surface area contributed by atoms with E-state index in [0.717, 1.165) is 0 Å². The number of nitrogens with one attached hydrogen (secondary N) is 3. The molecule has 2 rings (SSSR count). The smallest absolute Gasteiger partial charge is 0.319 e. The zero-order valence-corrected chi connectivity index (χ0v) is 17.7. The van der Waals surface area contributed by atoms with Crippen LogP contribution in [-0.4, -0.2) is 20.5 Å². The van der Waals surface area contributed by atoms with Crippen LogP contribution in [0.2, 0.25) is 10.0 Å². The lowest BCUT2D eigenvalue weighted by Crippen LogP contribution is -2.34. The maximum absolute atomic E-state index is 13.0. The molecule has 0 spiro atoms. The van der Waals surface area contributed by atoms with E-state index in [1.54, 1.807) is 44.2 Å². The lowest BCUT2D eigenvalue weighted by atomic mass is 10.2. The minimum Gasteiger partial charge on any atom is -0.336 e. The van der Waals surface area contributed by atoms with E-state index >= 15 is 0 Å². The van der Waals surface area contributed by atoms with Gasteiger partial charge in [0.25, 0.3) is 10.0 Å². The SMILES string of the molecule is Cc1cc(Cl)c(C)c(S(=O)(=O)Nc2ccccc2NC(=O)NC(C)C)c1Cl. The van der Waals surface area contributed by atoms with Gasteiger partial charge in [0.2, 0.25) is 0 Å². The number of urea groups is 1. The Morgan fingerprint density at radius 3 is 2.26 bits per heavy atom. The van der Waals surface area contributed by atoms with Crippen LogP contribution in [0.25, 0.3) is 0 Å². The van der Waals surface area contributed by atoms with Gasteiger partial charge in [-0.05, 0) is 57.0 Å². The first-order chi connectivity index (χ1) is 12.5. The molecule has 0 unspecified atom stereocenters. The van der Waals surface area contributed by atoms with E-state index in [1.807, 2.05) is 13.8 Å². The van der Waals surface area contributed by atoms with Gasteiger partial charge in [0.15, 0.2) is 0 Å². The van der Waals surface area contributed by atoms with Crippen molar-refractivity contribution in [3.63, 3.8) is 0 Å². The quantitative estimate of drug-likeness (QED) is 0.628. The van der Waals surface area contributed by atoms with Gasteiger partial charge >= 0.3 is 6.03 Å². The summed E-state index contributed by atoms with van der Waals surface area (Å²) in [5.41, 5.74) is 1.43. The first-order valence-corrected chi connectivity index (χ1v) is 10.4. The van der Waals surface area contributed by atoms with Crippen molar-refractivity contribution in [2.75, 3.05) is 10.0 Å². The molecule has 0 aromatic heterocycles. The third kappa shape index (κ3) is 5.06. The molecule has 9 heteroatoms. The van der Waals surface area contributed by atoms with E-state index in [0.29, 0.717) is 21.8 Å². The molecular weight excluding hydrogens is 409 g/mol. The first-order valence-electron chi connectivity index (χ1n) is 8.17. The zero-order chi connectivity index (χ0) is 20.4. The number of para-hydroxylation sites is 2. The molecule has 2 aromatic rings. The van der Waals surface area contributed by atoms with Crippen molar-refractivity contribution in [2.45, 2.75) is 38.6 Å². The van der Waals surface area contributed by atoms with Crippen LogP contribution in [0.1, 0.15) is 25.0 Å². The van der Waals surface area contributed by atoms with Crippen molar-refractivity contribution in [1.29, 1.82) is 0 Å². The molecule has 2 aromatic carbocycles. The molecule has 6 nitrogen and oxygen atoms in total. The van der Waals surface area contributed by atoms with Crippen molar-refractivity contribution >= 4 is 50.6 Å². The third-order valence-corrected chi connectivity index (χ3v) is 6.22. The molecule has 3 N–H and O–H groups in total. The second-order valence-corrected chi connectivity index (χ2v) is 8.75. The number of carbonyl (C=O) groups excluding carboxylic acids is 1. The summed E-state index contributed by atoms with van der Waals surface area (Å²) in [6, 6.07) is 7.59. The topological polar surface area (TPSA) is 87.3 Å². The molecule has 0 aliphatic rings. The highest BCUT2D eigenvalue weighted by atomic mass is 35.5. The number of anilines is 2. The van der Waals surface area contributed by atoms with E-state index in [-0.39, 0.29) is 21.6 Å². The Labute approximate surface area is 169 Å². The number of benzene rings is 2. The van der Waals surface area contributed by atoms with E-state index in [2.05, 4.69) is 15.4 Å². The van der Waals surface area contributed by atoms with Gasteiger partial charge in [-0.2, -0.15) is 0 Å². The average Bonchev–Trinajstić information content (AvgIpc) is 2.54. The zero-order valence-electron chi connectivity index (χ0n) is 15.4. The van der Waals surface area contributed by atoms with Crippen molar-refractivity contribution in [1.82, 2.24) is 5.32 Å². The Hall–Kier alpha value is -1.96. The molecule has 0 fully saturated rings. The Kier molecular flexibility index (Phi) is 6.62. The largest absolute Gasteiger partial charge is 0.336 e. The molecule has 0 saturated heterocycles. The highest BCUT2D eigenvalue weighted by Gasteiger charge is 2.25. The Morgan fingerprint density at radius 2 is 1.67 bits per heavy atom. The lowest BCUT2D eigenvalue weighted by Gasteiger charge is -2.17. The number of aryl methyl sites for hydroxylation is 1. The fourth-order valence-corrected chi connectivity index (χ4v) is 4.73. The van der Waals surface area contributed by atoms with Crippen LogP contribution in [0.3, 0.4) is 0 Å². The van der Waals surface area contributed by atoms with Crippen molar-refractivity contribution in [3.8, 4) is 0 Å². The summed E-state index contributed by atoms with van der Waals surface area (Å²) in [4.78, 5) is 11.9. The normalized spacial score (nSPS) is 11.4. The van der Waals surface area contributed by atoms with E-state index < -0.39 is 16.1 Å². The standard InChI is InChI=1S/C18H21Cl2N3O3S/c1-10(2)21-18(24)22-14-7-5-6-8-15(14)23-27(25,26)17-12(4)13(19)9-11(3)16(17)20/h5-10,23H,1-4H3,(H2,21,22,24). The number of rotatable bonds is 5. The molecule has 0 heterocycles. The lowest BCUT2D eigenvalue weighted by molar-refractivity contribution is 0.250. The minimum atomic E-state index is -4.04. The third-order valence-electron chi connectivity index (χ3n) is 3.70. The average molecular weight is 430 g/mol. The summed E-state index contributed by atoms with van der Waals surface area (Å²) in [6.07, 6.45) is 0. The van der Waals surface area contributed by atoms with Crippen LogP contribution >= 0.6 is 23.2 Å². The number of hydrogen-bond donors (Lipinski definition) is 3. The van der Waals surface area contributed by atoms with Gasteiger partial charge < -0.3 is 10.6 Å². The number of hydrogen-bond acceptors (Lipinski definition) is 3. The van der Waals surface area contributed by atoms with Crippen LogP contribution in [0.15, 0.2) is 35.2 Å². The van der Waals surface area contributed by atoms with Crippen molar-refractivity contribution in [2.24, 2.45) is 0 Å². The van der Waals surface area contributed by atoms with Crippen LogP contribution in [0.5, 0.6) is 0 Å². The van der Waals surface area contributed by atoms with Gasteiger partial charge in [0.1, 0.15) is 4.90 Å². The van der Waals surface area contributed by atoms with E-state index in [1.165, 1.54) is 0 Å². The summed E-state index contributed by atoms with van der Waals surface area (Å²) < 4.78 is 28.4. The fraction of sp³-hybridized carbons (Fsp3) is 0.278. The summed E-state index contributed by atoms with van der Waals surface area (Å²) in [7, 11) is -4.04. The summed E-state index contributed by atoms with van der Waals surface area (Å²) in [5, 5.41) is 5.72. The summed E-state index contributed by atoms with van der Waals surface area (Å²) in [6.45, 7) is 6.90. The molecule has 0 radical (unpaired) electrons. The predicted molar refractivity (Wildman–Crippen MR) is 110 cm³/mol. The second kappa shape index (κ2) is 8.37. The molecule has 0 aliphatic heterocycles. The van der Waals surface area contributed by atoms with E-state index in [9.17, 15) is 13.2 Å². The van der Waals surface area contributed by atoms with Crippen LogP contribution in [0, 0.1) is 13.8 Å². The fourth-order valence-electron chi connectivity index (χ4n) is 2.43. The van der Waals surface area contributed by atoms with Gasteiger partial charge in [-0.3, -0.25) is 4.72 Å². The molecule has 146 valence electrons.